The zero-order chi connectivity index (χ0) is 24.9. The third kappa shape index (κ3) is 7.84. The van der Waals surface area contributed by atoms with Gasteiger partial charge in [0.25, 0.3) is 0 Å². The minimum absolute atomic E-state index is 0. The number of Topliss-reactive ketones (excluding diaryl/α,β-unsaturated/α-hetero) is 1. The summed E-state index contributed by atoms with van der Waals surface area (Å²) in [6.45, 7) is 13.6. The SMILES string of the molecule is C=C=C(NC1(C)CCC1)c1cc(C(C(=O)CCc2cccc(OC(C)F)c2)C(C)C)c(C)cn1.[HH].[Y]. The van der Waals surface area contributed by atoms with Crippen LogP contribution in [0.2, 0.25) is 0 Å². The van der Waals surface area contributed by atoms with Gasteiger partial charge in [0.15, 0.2) is 0 Å². The van der Waals surface area contributed by atoms with Crippen molar-refractivity contribution in [3.8, 4) is 5.75 Å². The van der Waals surface area contributed by atoms with Gasteiger partial charge in [-0.25, -0.2) is 4.39 Å². The Balaban J connectivity index is 0.00000324. The Bertz CT molecular complexity index is 1080. The Labute approximate surface area is 236 Å². The van der Waals surface area contributed by atoms with Gasteiger partial charge in [0.2, 0.25) is 6.36 Å². The maximum absolute atomic E-state index is 13.4. The molecule has 2 aromatic rings. The zero-order valence-electron chi connectivity index (χ0n) is 21.7. The third-order valence-electron chi connectivity index (χ3n) is 6.67. The standard InChI is InChI=1S/C29H37FN2O2.Y.H2/c1-7-25(32-29(6)14-9-15-29)26-17-24(20(4)18-31-26)28(19(2)3)27(33)13-12-22-10-8-11-23(16-22)34-21(5)30;;/h8,10-11,16-19,21,28,32H,1,9,12-15H2,2-6H3;;1H. The molecule has 2 unspecified atom stereocenters. The number of carbonyl (C=O) groups is 1. The number of ketones is 1. The molecule has 0 spiro atoms. The Kier molecular flexibility index (Phi) is 10.9. The van der Waals surface area contributed by atoms with Crippen LogP contribution in [0.1, 0.15) is 83.1 Å². The zero-order valence-corrected chi connectivity index (χ0v) is 24.5. The van der Waals surface area contributed by atoms with Crippen molar-refractivity contribution in [3.63, 3.8) is 0 Å². The van der Waals surface area contributed by atoms with Crippen molar-refractivity contribution in [2.24, 2.45) is 5.92 Å². The molecule has 4 nitrogen and oxygen atoms in total. The van der Waals surface area contributed by atoms with Gasteiger partial charge in [-0.05, 0) is 80.3 Å². The molecule has 0 bridgehead atoms. The van der Waals surface area contributed by atoms with E-state index < -0.39 is 6.36 Å². The minimum Gasteiger partial charge on any atom is -0.461 e. The fourth-order valence-electron chi connectivity index (χ4n) is 4.63. The number of rotatable bonds is 11. The molecule has 2 atom stereocenters. The van der Waals surface area contributed by atoms with Crippen LogP contribution in [0.25, 0.3) is 5.70 Å². The van der Waals surface area contributed by atoms with E-state index in [1.165, 1.54) is 13.3 Å². The van der Waals surface area contributed by atoms with Crippen LogP contribution in [0.4, 0.5) is 4.39 Å². The molecule has 3 rings (SSSR count). The van der Waals surface area contributed by atoms with E-state index in [-0.39, 0.29) is 57.3 Å². The topological polar surface area (TPSA) is 51.2 Å². The number of aromatic nitrogens is 1. The maximum atomic E-state index is 13.4. The van der Waals surface area contributed by atoms with Gasteiger partial charge in [0, 0.05) is 65.1 Å². The number of aryl methyl sites for hydroxylation is 2. The smallest absolute Gasteiger partial charge is 0.235 e. The Hall–Kier alpha value is -1.81. The normalized spacial score (nSPS) is 15.7. The van der Waals surface area contributed by atoms with Crippen LogP contribution in [-0.4, -0.2) is 22.7 Å². The summed E-state index contributed by atoms with van der Waals surface area (Å²) in [6.07, 6.45) is 4.88. The van der Waals surface area contributed by atoms with Crippen LogP contribution in [0.15, 0.2) is 48.8 Å². The van der Waals surface area contributed by atoms with Crippen molar-refractivity contribution in [2.45, 2.75) is 84.5 Å². The van der Waals surface area contributed by atoms with Crippen LogP contribution < -0.4 is 10.1 Å². The predicted molar refractivity (Wildman–Crippen MR) is 138 cm³/mol. The molecule has 1 aliphatic carbocycles. The Morgan fingerprint density at radius 1 is 1.31 bits per heavy atom. The van der Waals surface area contributed by atoms with E-state index in [1.807, 2.05) is 31.3 Å². The second-order valence-electron chi connectivity index (χ2n) is 10.0. The average molecular weight is 556 g/mol. The van der Waals surface area contributed by atoms with Gasteiger partial charge >= 0.3 is 0 Å². The third-order valence-corrected chi connectivity index (χ3v) is 6.67. The number of ether oxygens (including phenoxy) is 1. The number of alkyl halides is 1. The van der Waals surface area contributed by atoms with Crippen LogP contribution >= 0.6 is 0 Å². The second-order valence-corrected chi connectivity index (χ2v) is 10.0. The fraction of sp³-hybridized carbons (Fsp3) is 0.483. The molecule has 1 saturated carbocycles. The number of pyridine rings is 1. The van der Waals surface area contributed by atoms with E-state index in [1.54, 1.807) is 12.1 Å². The van der Waals surface area contributed by atoms with E-state index in [9.17, 15) is 9.18 Å². The first-order chi connectivity index (χ1) is 16.1. The summed E-state index contributed by atoms with van der Waals surface area (Å²) in [4.78, 5) is 18.1. The summed E-state index contributed by atoms with van der Waals surface area (Å²) in [7, 11) is 0. The van der Waals surface area contributed by atoms with Gasteiger partial charge in [0.1, 0.15) is 17.2 Å². The van der Waals surface area contributed by atoms with Crippen LogP contribution in [0.5, 0.6) is 5.75 Å². The molecule has 1 aromatic carbocycles. The second kappa shape index (κ2) is 12.9. The van der Waals surface area contributed by atoms with Crippen molar-refractivity contribution < 1.29 is 48.1 Å². The summed E-state index contributed by atoms with van der Waals surface area (Å²) in [5.41, 5.74) is 7.59. The van der Waals surface area contributed by atoms with Gasteiger partial charge in [0.05, 0.1) is 5.69 Å². The molecule has 35 heavy (non-hydrogen) atoms. The molecule has 6 heteroatoms. The van der Waals surface area contributed by atoms with Crippen molar-refractivity contribution in [1.29, 1.82) is 0 Å². The largest absolute Gasteiger partial charge is 0.461 e. The number of halogens is 1. The van der Waals surface area contributed by atoms with Crippen molar-refractivity contribution in [2.75, 3.05) is 0 Å². The predicted octanol–water partition coefficient (Wildman–Crippen LogP) is 6.93. The fourth-order valence-corrected chi connectivity index (χ4v) is 4.63. The van der Waals surface area contributed by atoms with E-state index >= 15 is 0 Å². The molecule has 0 saturated heterocycles. The number of carbonyl (C=O) groups excluding carboxylic acids is 1. The quantitative estimate of drug-likeness (QED) is 0.306. The van der Waals surface area contributed by atoms with Crippen molar-refractivity contribution in [1.82, 2.24) is 10.3 Å². The summed E-state index contributed by atoms with van der Waals surface area (Å²) in [5.74, 6) is 0.559. The first-order valence-corrected chi connectivity index (χ1v) is 12.2. The molecule has 1 radical (unpaired) electrons. The monoisotopic (exact) mass is 555 g/mol. The summed E-state index contributed by atoms with van der Waals surface area (Å²) >= 11 is 0. The van der Waals surface area contributed by atoms with Gasteiger partial charge in [-0.3, -0.25) is 9.78 Å². The van der Waals surface area contributed by atoms with Crippen LogP contribution in [0.3, 0.4) is 0 Å². The average Bonchev–Trinajstić information content (AvgIpc) is 2.76. The van der Waals surface area contributed by atoms with Crippen LogP contribution in [0, 0.1) is 12.8 Å². The molecule has 1 aliphatic rings. The van der Waals surface area contributed by atoms with Crippen LogP contribution in [-0.2, 0) is 43.9 Å². The van der Waals surface area contributed by atoms with Gasteiger partial charge in [-0.2, -0.15) is 0 Å². The Morgan fingerprint density at radius 2 is 2.03 bits per heavy atom. The number of hydrogen-bond donors (Lipinski definition) is 1. The van der Waals surface area contributed by atoms with Gasteiger partial charge in [-0.1, -0.05) is 32.6 Å². The summed E-state index contributed by atoms with van der Waals surface area (Å²) in [5, 5.41) is 3.56. The van der Waals surface area contributed by atoms with Crippen molar-refractivity contribution >= 4 is 11.5 Å². The maximum Gasteiger partial charge on any atom is 0.235 e. The summed E-state index contributed by atoms with van der Waals surface area (Å²) in [6, 6.07) is 9.32. The molecule has 1 aromatic heterocycles. The van der Waals surface area contributed by atoms with Crippen molar-refractivity contribution in [3.05, 3.63) is 71.2 Å². The number of benzene rings is 1. The number of nitrogens with zero attached hydrogens (tertiary/aromatic N) is 1. The van der Waals surface area contributed by atoms with E-state index in [0.717, 1.165) is 40.9 Å². The molecular weight excluding hydrogens is 516 g/mol. The molecule has 0 aliphatic heterocycles. The summed E-state index contributed by atoms with van der Waals surface area (Å²) < 4.78 is 18.3. The first kappa shape index (κ1) is 29.4. The Morgan fingerprint density at radius 3 is 2.60 bits per heavy atom. The van der Waals surface area contributed by atoms with E-state index in [0.29, 0.717) is 18.6 Å². The molecule has 0 amide bonds. The van der Waals surface area contributed by atoms with Gasteiger partial charge < -0.3 is 10.1 Å². The molecular formula is C29H39FN2O2Y. The molecule has 1 N–H and O–H groups in total. The molecule has 1 fully saturated rings. The van der Waals surface area contributed by atoms with Gasteiger partial charge in [-0.15, -0.1) is 5.73 Å². The molecule has 1 heterocycles. The van der Waals surface area contributed by atoms with E-state index in [2.05, 4.69) is 43.4 Å². The minimum atomic E-state index is -1.37. The van der Waals surface area contributed by atoms with E-state index in [4.69, 9.17) is 4.74 Å². The first-order valence-electron chi connectivity index (χ1n) is 12.2. The molecule has 187 valence electrons. The number of nitrogens with one attached hydrogen (secondary N) is 1. The number of hydrogen-bond acceptors (Lipinski definition) is 4.